The van der Waals surface area contributed by atoms with Gasteiger partial charge in [-0.2, -0.15) is 5.10 Å². The highest BCUT2D eigenvalue weighted by Crippen LogP contribution is 2.17. The molecule has 110 valence electrons. The summed E-state index contributed by atoms with van der Waals surface area (Å²) in [6.45, 7) is 4.23. The highest BCUT2D eigenvalue weighted by molar-refractivity contribution is 6.32. The van der Waals surface area contributed by atoms with Crippen LogP contribution in [0, 0.1) is 0 Å². The zero-order valence-electron chi connectivity index (χ0n) is 11.8. The van der Waals surface area contributed by atoms with Crippen LogP contribution in [0.5, 0.6) is 0 Å². The molecule has 0 aliphatic heterocycles. The number of hydrogen-bond acceptors (Lipinski definition) is 4. The van der Waals surface area contributed by atoms with Crippen molar-refractivity contribution in [2.24, 2.45) is 0 Å². The molecule has 2 aromatic rings. The number of carbonyl (C=O) groups is 1. The molecule has 6 heteroatoms. The molecule has 0 saturated heterocycles. The van der Waals surface area contributed by atoms with Gasteiger partial charge in [0.05, 0.1) is 17.9 Å². The normalized spacial score (nSPS) is 10.7. The minimum Gasteiger partial charge on any atom is -0.378 e. The molecule has 0 aliphatic carbocycles. The first-order valence-electron chi connectivity index (χ1n) is 6.58. The number of aromatic nitrogens is 2. The number of benzene rings is 1. The second kappa shape index (κ2) is 6.54. The van der Waals surface area contributed by atoms with Crippen LogP contribution in [0.3, 0.4) is 0 Å². The molecular weight excluding hydrogens is 290 g/mol. The Balaban J connectivity index is 2.14. The van der Waals surface area contributed by atoms with Crippen LogP contribution in [-0.2, 0) is 6.54 Å². The van der Waals surface area contributed by atoms with Crippen LogP contribution in [0.15, 0.2) is 35.3 Å². The molecule has 1 heterocycles. The fraction of sp³-hybridized carbons (Fsp3) is 0.267. The molecule has 21 heavy (non-hydrogen) atoms. The predicted molar refractivity (Wildman–Crippen MR) is 83.0 cm³/mol. The summed E-state index contributed by atoms with van der Waals surface area (Å²) in [7, 11) is 0. The molecule has 5 nitrogen and oxygen atoms in total. The lowest BCUT2D eigenvalue weighted by Gasteiger charge is -2.12. The molecule has 0 unspecified atom stereocenters. The third-order valence-electron chi connectivity index (χ3n) is 3.03. The Labute approximate surface area is 127 Å². The van der Waals surface area contributed by atoms with E-state index in [0.717, 1.165) is 11.8 Å². The van der Waals surface area contributed by atoms with Gasteiger partial charge in [0.15, 0.2) is 0 Å². The zero-order valence-corrected chi connectivity index (χ0v) is 12.6. The Hall–Kier alpha value is -2.14. The zero-order chi connectivity index (χ0) is 15.4. The smallest absolute Gasteiger partial charge is 0.287 e. The first-order valence-corrected chi connectivity index (χ1v) is 6.96. The highest BCUT2D eigenvalue weighted by Gasteiger charge is 2.10. The lowest BCUT2D eigenvalue weighted by atomic mass is 10.1. The summed E-state index contributed by atoms with van der Waals surface area (Å²) in [6.07, 6.45) is 2.34. The van der Waals surface area contributed by atoms with Crippen LogP contribution < -0.4 is 10.9 Å². The van der Waals surface area contributed by atoms with Crippen molar-refractivity contribution >= 4 is 23.6 Å². The van der Waals surface area contributed by atoms with E-state index >= 15 is 0 Å². The first-order chi connectivity index (χ1) is 10.0. The molecule has 0 amide bonds. The summed E-state index contributed by atoms with van der Waals surface area (Å²) in [4.78, 5) is 22.6. The summed E-state index contributed by atoms with van der Waals surface area (Å²) in [5, 5.41) is 7.29. The summed E-state index contributed by atoms with van der Waals surface area (Å²) >= 11 is 6.07. The van der Waals surface area contributed by atoms with E-state index in [1.807, 2.05) is 26.0 Å². The van der Waals surface area contributed by atoms with Gasteiger partial charge in [0, 0.05) is 12.1 Å². The van der Waals surface area contributed by atoms with E-state index in [4.69, 9.17) is 11.6 Å². The quantitative estimate of drug-likeness (QED) is 0.863. The Morgan fingerprint density at radius 1 is 1.33 bits per heavy atom. The highest BCUT2D eigenvalue weighted by atomic mass is 35.5. The Morgan fingerprint density at radius 2 is 2.00 bits per heavy atom. The third-order valence-corrected chi connectivity index (χ3v) is 3.40. The van der Waals surface area contributed by atoms with Gasteiger partial charge in [-0.3, -0.25) is 9.59 Å². The maximum absolute atomic E-state index is 12.0. The number of carbonyl (C=O) groups excluding carboxylic acids is 1. The molecule has 0 aliphatic rings. The van der Waals surface area contributed by atoms with E-state index in [9.17, 15) is 9.59 Å². The van der Waals surface area contributed by atoms with Crippen LogP contribution in [0.25, 0.3) is 0 Å². The standard InChI is InChI=1S/C15H16ClN3O2/c1-10(2)19-15(21)14(16)13(8-18-19)17-7-11-3-5-12(9-20)6-4-11/h3-6,8-10,17H,7H2,1-2H3. The third kappa shape index (κ3) is 3.49. The molecule has 1 aromatic heterocycles. The van der Waals surface area contributed by atoms with Crippen molar-refractivity contribution in [2.75, 3.05) is 5.32 Å². The Morgan fingerprint density at radius 3 is 2.57 bits per heavy atom. The molecule has 0 atom stereocenters. The molecule has 1 N–H and O–H groups in total. The van der Waals surface area contributed by atoms with Crippen LogP contribution in [0.2, 0.25) is 5.02 Å². The van der Waals surface area contributed by atoms with Gasteiger partial charge in [0.1, 0.15) is 11.3 Å². The maximum Gasteiger partial charge on any atom is 0.287 e. The topological polar surface area (TPSA) is 64.0 Å². The second-order valence-corrected chi connectivity index (χ2v) is 5.31. The van der Waals surface area contributed by atoms with Crippen LogP contribution in [-0.4, -0.2) is 16.1 Å². The van der Waals surface area contributed by atoms with Crippen LogP contribution in [0.4, 0.5) is 5.69 Å². The fourth-order valence-electron chi connectivity index (χ4n) is 1.85. The lowest BCUT2D eigenvalue weighted by Crippen LogP contribution is -2.25. The van der Waals surface area contributed by atoms with Gasteiger partial charge in [-0.15, -0.1) is 0 Å². The monoisotopic (exact) mass is 305 g/mol. The van der Waals surface area contributed by atoms with Gasteiger partial charge in [-0.05, 0) is 19.4 Å². The van der Waals surface area contributed by atoms with Gasteiger partial charge in [-0.1, -0.05) is 35.9 Å². The van der Waals surface area contributed by atoms with Crippen molar-refractivity contribution in [1.29, 1.82) is 0 Å². The lowest BCUT2D eigenvalue weighted by molar-refractivity contribution is 0.112. The Kier molecular flexibility index (Phi) is 4.75. The minimum absolute atomic E-state index is 0.0417. The van der Waals surface area contributed by atoms with Crippen molar-refractivity contribution in [3.05, 3.63) is 57.0 Å². The van der Waals surface area contributed by atoms with Gasteiger partial charge < -0.3 is 5.32 Å². The second-order valence-electron chi connectivity index (χ2n) is 4.93. The summed E-state index contributed by atoms with van der Waals surface area (Å²) in [6, 6.07) is 7.11. The van der Waals surface area contributed by atoms with Crippen molar-refractivity contribution in [3.8, 4) is 0 Å². The van der Waals surface area contributed by atoms with E-state index in [1.165, 1.54) is 4.68 Å². The number of halogens is 1. The largest absolute Gasteiger partial charge is 0.378 e. The average molecular weight is 306 g/mol. The summed E-state index contributed by atoms with van der Waals surface area (Å²) in [5.74, 6) is 0. The molecule has 1 aromatic carbocycles. The average Bonchev–Trinajstić information content (AvgIpc) is 2.49. The van der Waals surface area contributed by atoms with Crippen molar-refractivity contribution in [2.45, 2.75) is 26.4 Å². The minimum atomic E-state index is -0.312. The molecule has 0 radical (unpaired) electrons. The number of anilines is 1. The number of aldehydes is 1. The first kappa shape index (κ1) is 15.3. The van der Waals surface area contributed by atoms with E-state index in [1.54, 1.807) is 18.3 Å². The van der Waals surface area contributed by atoms with E-state index in [2.05, 4.69) is 10.4 Å². The van der Waals surface area contributed by atoms with E-state index < -0.39 is 0 Å². The number of nitrogens with zero attached hydrogens (tertiary/aromatic N) is 2. The number of rotatable bonds is 5. The summed E-state index contributed by atoms with van der Waals surface area (Å²) in [5.41, 5.74) is 1.79. The van der Waals surface area contributed by atoms with E-state index in [0.29, 0.717) is 17.8 Å². The van der Waals surface area contributed by atoms with Crippen molar-refractivity contribution in [1.82, 2.24) is 9.78 Å². The molecule has 0 spiro atoms. The van der Waals surface area contributed by atoms with Crippen molar-refractivity contribution in [3.63, 3.8) is 0 Å². The molecule has 2 rings (SSSR count). The van der Waals surface area contributed by atoms with Gasteiger partial charge in [0.25, 0.3) is 5.56 Å². The Bertz CT molecular complexity index is 693. The fourth-order valence-corrected chi connectivity index (χ4v) is 2.05. The predicted octanol–water partition coefficient (Wildman–Crippen LogP) is 2.90. The molecular formula is C15H16ClN3O2. The van der Waals surface area contributed by atoms with Gasteiger partial charge in [-0.25, -0.2) is 4.68 Å². The maximum atomic E-state index is 12.0. The number of nitrogens with one attached hydrogen (secondary N) is 1. The molecule has 0 fully saturated rings. The van der Waals surface area contributed by atoms with Crippen LogP contribution in [0.1, 0.15) is 35.8 Å². The van der Waals surface area contributed by atoms with Gasteiger partial charge in [0.2, 0.25) is 0 Å². The number of hydrogen-bond donors (Lipinski definition) is 1. The van der Waals surface area contributed by atoms with E-state index in [-0.39, 0.29) is 16.6 Å². The van der Waals surface area contributed by atoms with Crippen LogP contribution >= 0.6 is 11.6 Å². The van der Waals surface area contributed by atoms with Gasteiger partial charge >= 0.3 is 0 Å². The molecule has 0 bridgehead atoms. The molecule has 0 saturated carbocycles. The van der Waals surface area contributed by atoms with Crippen molar-refractivity contribution < 1.29 is 4.79 Å². The SMILES string of the molecule is CC(C)n1ncc(NCc2ccc(C=O)cc2)c(Cl)c1=O. The summed E-state index contributed by atoms with van der Waals surface area (Å²) < 4.78 is 1.34.